The molecule has 3 aromatic carbocycles. The zero-order valence-electron chi connectivity index (χ0n) is 24.1. The summed E-state index contributed by atoms with van der Waals surface area (Å²) in [7, 11) is 10.8. The van der Waals surface area contributed by atoms with Crippen molar-refractivity contribution in [2.75, 3.05) is 49.8 Å². The van der Waals surface area contributed by atoms with E-state index in [4.69, 9.17) is 42.6 Å². The first-order chi connectivity index (χ1) is 19.9. The van der Waals surface area contributed by atoms with Crippen LogP contribution in [0.4, 0.5) is 0 Å². The summed E-state index contributed by atoms with van der Waals surface area (Å²) in [6.45, 7) is 0. The van der Waals surface area contributed by atoms with Crippen LogP contribution in [0.5, 0.6) is 46.0 Å². The standard InChI is InChI=1S/C31H34O10/c1-33-20-15-23(35-3)21-17-28(30(41-24(21)16-20)19-9-10-22(34-2)25(14-19)36-4)40-29(32)11-8-18-12-26(37-5)31(39-7)27(13-18)38-6/h8-16,28,30H,17H2,1-7H3/b11-8+/t28-,30-/m1/s1. The first kappa shape index (κ1) is 29.3. The van der Waals surface area contributed by atoms with Gasteiger partial charge in [-0.1, -0.05) is 6.07 Å². The maximum absolute atomic E-state index is 13.1. The lowest BCUT2D eigenvalue weighted by molar-refractivity contribution is -0.149. The van der Waals surface area contributed by atoms with Crippen molar-refractivity contribution in [3.8, 4) is 46.0 Å². The second-order valence-electron chi connectivity index (χ2n) is 8.93. The molecular weight excluding hydrogens is 532 g/mol. The molecule has 4 rings (SSSR count). The molecule has 0 saturated heterocycles. The molecule has 0 radical (unpaired) electrons. The fraction of sp³-hybridized carbons (Fsp3) is 0.323. The highest BCUT2D eigenvalue weighted by molar-refractivity contribution is 5.87. The SMILES string of the molecule is COc1cc(OC)c2c(c1)O[C@H](c1ccc(OC)c(OC)c1)[C@H](OC(=O)/C=C/c1cc(OC)c(OC)c(OC)c1)C2. The van der Waals surface area contributed by atoms with Crippen molar-refractivity contribution in [2.24, 2.45) is 0 Å². The van der Waals surface area contributed by atoms with Crippen molar-refractivity contribution >= 4 is 12.0 Å². The van der Waals surface area contributed by atoms with Crippen LogP contribution < -0.4 is 37.9 Å². The van der Waals surface area contributed by atoms with Crippen LogP contribution in [0.2, 0.25) is 0 Å². The summed E-state index contributed by atoms with van der Waals surface area (Å²) in [6.07, 6.45) is 1.94. The number of ether oxygens (including phenoxy) is 9. The van der Waals surface area contributed by atoms with Crippen LogP contribution in [-0.2, 0) is 16.0 Å². The molecule has 1 aliphatic rings. The van der Waals surface area contributed by atoms with Crippen LogP contribution in [0, 0.1) is 0 Å². The van der Waals surface area contributed by atoms with Crippen molar-refractivity contribution in [3.63, 3.8) is 0 Å². The summed E-state index contributed by atoms with van der Waals surface area (Å²) in [5.74, 6) is 3.63. The number of hydrogen-bond acceptors (Lipinski definition) is 10. The number of methoxy groups -OCH3 is 7. The maximum Gasteiger partial charge on any atom is 0.331 e. The lowest BCUT2D eigenvalue weighted by Gasteiger charge is -2.34. The Morgan fingerprint density at radius 1 is 0.732 bits per heavy atom. The smallest absolute Gasteiger partial charge is 0.331 e. The molecule has 10 nitrogen and oxygen atoms in total. The molecule has 0 unspecified atom stereocenters. The molecule has 0 N–H and O–H groups in total. The molecule has 10 heteroatoms. The molecular formula is C31H34O10. The van der Waals surface area contributed by atoms with E-state index in [9.17, 15) is 4.79 Å². The molecule has 218 valence electrons. The predicted molar refractivity (Wildman–Crippen MR) is 151 cm³/mol. The number of hydrogen-bond donors (Lipinski definition) is 0. The zero-order valence-corrected chi connectivity index (χ0v) is 24.1. The summed E-state index contributed by atoms with van der Waals surface area (Å²) >= 11 is 0. The molecule has 0 aromatic heterocycles. The minimum atomic E-state index is -0.694. The molecule has 41 heavy (non-hydrogen) atoms. The van der Waals surface area contributed by atoms with Gasteiger partial charge in [-0.25, -0.2) is 4.79 Å². The summed E-state index contributed by atoms with van der Waals surface area (Å²) in [6, 6.07) is 12.4. The van der Waals surface area contributed by atoms with E-state index < -0.39 is 18.2 Å². The second kappa shape index (κ2) is 13.1. The van der Waals surface area contributed by atoms with E-state index >= 15 is 0 Å². The van der Waals surface area contributed by atoms with E-state index in [0.717, 1.165) is 11.1 Å². The van der Waals surface area contributed by atoms with Gasteiger partial charge in [0.25, 0.3) is 0 Å². The van der Waals surface area contributed by atoms with E-state index in [1.807, 2.05) is 6.07 Å². The molecule has 0 saturated carbocycles. The third-order valence-electron chi connectivity index (χ3n) is 6.70. The minimum absolute atomic E-state index is 0.339. The molecule has 0 aliphatic carbocycles. The second-order valence-corrected chi connectivity index (χ2v) is 8.93. The van der Waals surface area contributed by atoms with Crippen molar-refractivity contribution < 1.29 is 47.4 Å². The van der Waals surface area contributed by atoms with Crippen LogP contribution in [0.1, 0.15) is 22.8 Å². The summed E-state index contributed by atoms with van der Waals surface area (Å²) in [5.41, 5.74) is 2.16. The van der Waals surface area contributed by atoms with E-state index in [-0.39, 0.29) is 0 Å². The maximum atomic E-state index is 13.1. The van der Waals surface area contributed by atoms with E-state index in [0.29, 0.717) is 58.0 Å². The highest BCUT2D eigenvalue weighted by Crippen LogP contribution is 2.45. The van der Waals surface area contributed by atoms with E-state index in [1.54, 1.807) is 70.9 Å². The van der Waals surface area contributed by atoms with Gasteiger partial charge >= 0.3 is 5.97 Å². The molecule has 2 atom stereocenters. The monoisotopic (exact) mass is 566 g/mol. The van der Waals surface area contributed by atoms with Gasteiger partial charge in [-0.15, -0.1) is 0 Å². The van der Waals surface area contributed by atoms with Gasteiger partial charge < -0.3 is 42.6 Å². The Labute approximate surface area is 239 Å². The lowest BCUT2D eigenvalue weighted by atomic mass is 9.93. The first-order valence-corrected chi connectivity index (χ1v) is 12.7. The van der Waals surface area contributed by atoms with Gasteiger partial charge in [0.15, 0.2) is 29.1 Å². The molecule has 1 heterocycles. The summed E-state index contributed by atoms with van der Waals surface area (Å²) in [4.78, 5) is 13.1. The van der Waals surface area contributed by atoms with Crippen LogP contribution in [0.3, 0.4) is 0 Å². The van der Waals surface area contributed by atoms with Crippen molar-refractivity contribution in [1.82, 2.24) is 0 Å². The number of esters is 1. The molecule has 1 aliphatic heterocycles. The Morgan fingerprint density at radius 3 is 1.98 bits per heavy atom. The topological polar surface area (TPSA) is 100 Å². The number of carbonyl (C=O) groups excluding carboxylic acids is 1. The number of rotatable bonds is 11. The largest absolute Gasteiger partial charge is 0.496 e. The summed E-state index contributed by atoms with van der Waals surface area (Å²) < 4.78 is 50.5. The van der Waals surface area contributed by atoms with Gasteiger partial charge in [0.05, 0.1) is 49.8 Å². The molecule has 0 amide bonds. The van der Waals surface area contributed by atoms with Crippen molar-refractivity contribution in [3.05, 3.63) is 65.2 Å². The third-order valence-corrected chi connectivity index (χ3v) is 6.70. The van der Waals surface area contributed by atoms with Gasteiger partial charge in [0, 0.05) is 35.8 Å². The first-order valence-electron chi connectivity index (χ1n) is 12.7. The Kier molecular flexibility index (Phi) is 9.34. The van der Waals surface area contributed by atoms with Gasteiger partial charge in [0.1, 0.15) is 23.4 Å². The zero-order chi connectivity index (χ0) is 29.5. The van der Waals surface area contributed by atoms with Crippen molar-refractivity contribution in [2.45, 2.75) is 18.6 Å². The predicted octanol–water partition coefficient (Wildman–Crippen LogP) is 5.05. The number of fused-ring (bicyclic) bond motifs is 1. The highest BCUT2D eigenvalue weighted by atomic mass is 16.6. The Balaban J connectivity index is 1.67. The minimum Gasteiger partial charge on any atom is -0.496 e. The number of carbonyl (C=O) groups is 1. The third kappa shape index (κ3) is 6.21. The van der Waals surface area contributed by atoms with Crippen LogP contribution in [0.25, 0.3) is 6.08 Å². The Hall–Kier alpha value is -4.73. The van der Waals surface area contributed by atoms with Gasteiger partial charge in [-0.05, 0) is 35.9 Å². The Bertz CT molecular complexity index is 1390. The average Bonchev–Trinajstić information content (AvgIpc) is 3.01. The van der Waals surface area contributed by atoms with Crippen LogP contribution in [-0.4, -0.2) is 61.8 Å². The quantitative estimate of drug-likeness (QED) is 0.232. The highest BCUT2D eigenvalue weighted by Gasteiger charge is 2.36. The van der Waals surface area contributed by atoms with E-state index in [1.165, 1.54) is 27.4 Å². The fourth-order valence-corrected chi connectivity index (χ4v) is 4.69. The average molecular weight is 567 g/mol. The molecule has 0 spiro atoms. The van der Waals surface area contributed by atoms with Crippen LogP contribution in [0.15, 0.2) is 48.5 Å². The summed E-state index contributed by atoms with van der Waals surface area (Å²) in [5, 5.41) is 0. The van der Waals surface area contributed by atoms with E-state index in [2.05, 4.69) is 0 Å². The van der Waals surface area contributed by atoms with Crippen LogP contribution >= 0.6 is 0 Å². The van der Waals surface area contributed by atoms with Crippen molar-refractivity contribution in [1.29, 1.82) is 0 Å². The molecule has 0 fully saturated rings. The Morgan fingerprint density at radius 2 is 1.39 bits per heavy atom. The number of benzene rings is 3. The molecule has 0 bridgehead atoms. The fourth-order valence-electron chi connectivity index (χ4n) is 4.69. The van der Waals surface area contributed by atoms with Gasteiger partial charge in [0.2, 0.25) is 5.75 Å². The van der Waals surface area contributed by atoms with Gasteiger partial charge in [-0.3, -0.25) is 0 Å². The molecule has 3 aromatic rings. The van der Waals surface area contributed by atoms with Gasteiger partial charge in [-0.2, -0.15) is 0 Å². The lowest BCUT2D eigenvalue weighted by Crippen LogP contribution is -2.34. The normalized spacial score (nSPS) is 15.8.